The van der Waals surface area contributed by atoms with Crippen LogP contribution in [0.4, 0.5) is 0 Å². The van der Waals surface area contributed by atoms with Crippen LogP contribution >= 0.6 is 0 Å². The molecule has 2 aliphatic rings. The van der Waals surface area contributed by atoms with Gasteiger partial charge in [0.25, 0.3) is 0 Å². The van der Waals surface area contributed by atoms with Crippen LogP contribution in [0.5, 0.6) is 0 Å². The lowest BCUT2D eigenvalue weighted by atomic mass is 9.89. The fourth-order valence-electron chi connectivity index (χ4n) is 3.24. The standard InChI is InChI=1S/C14H25N3O3/c1-3-5-14(6-4-7-16-14)13(19)17-8-9-20-10-11(17)12(18)15-2/h11,16H,3-10H2,1-2H3,(H,15,18). The molecule has 0 aromatic carbocycles. The third-order valence-corrected chi connectivity index (χ3v) is 4.27. The molecule has 2 atom stereocenters. The summed E-state index contributed by atoms with van der Waals surface area (Å²) < 4.78 is 5.37. The van der Waals surface area contributed by atoms with E-state index in [-0.39, 0.29) is 18.4 Å². The molecule has 2 heterocycles. The second kappa shape index (κ2) is 6.54. The van der Waals surface area contributed by atoms with Crippen molar-refractivity contribution >= 4 is 11.8 Å². The molecule has 6 nitrogen and oxygen atoms in total. The monoisotopic (exact) mass is 283 g/mol. The first-order chi connectivity index (χ1) is 9.64. The van der Waals surface area contributed by atoms with Crippen molar-refractivity contribution in [3.63, 3.8) is 0 Å². The highest BCUT2D eigenvalue weighted by molar-refractivity contribution is 5.92. The van der Waals surface area contributed by atoms with E-state index >= 15 is 0 Å². The maximum Gasteiger partial charge on any atom is 0.244 e. The number of ether oxygens (including phenoxy) is 1. The molecule has 20 heavy (non-hydrogen) atoms. The largest absolute Gasteiger partial charge is 0.377 e. The molecule has 2 N–H and O–H groups in total. The molecule has 2 rings (SSSR count). The van der Waals surface area contributed by atoms with Crippen LogP contribution in [-0.2, 0) is 14.3 Å². The molecular weight excluding hydrogens is 258 g/mol. The number of amides is 2. The summed E-state index contributed by atoms with van der Waals surface area (Å²) in [6, 6.07) is -0.502. The lowest BCUT2D eigenvalue weighted by molar-refractivity contribution is -0.153. The van der Waals surface area contributed by atoms with E-state index in [4.69, 9.17) is 4.74 Å². The zero-order chi connectivity index (χ0) is 14.6. The van der Waals surface area contributed by atoms with Gasteiger partial charge in [-0.1, -0.05) is 13.3 Å². The predicted molar refractivity (Wildman–Crippen MR) is 75.3 cm³/mol. The molecule has 2 unspecified atom stereocenters. The molecule has 2 saturated heterocycles. The summed E-state index contributed by atoms with van der Waals surface area (Å²) in [7, 11) is 1.59. The molecule has 0 aliphatic carbocycles. The van der Waals surface area contributed by atoms with Crippen LogP contribution in [-0.4, -0.2) is 61.6 Å². The Balaban J connectivity index is 2.17. The molecule has 2 fully saturated rings. The van der Waals surface area contributed by atoms with Crippen LogP contribution < -0.4 is 10.6 Å². The maximum atomic E-state index is 13.0. The van der Waals surface area contributed by atoms with Gasteiger partial charge in [-0.25, -0.2) is 0 Å². The minimum absolute atomic E-state index is 0.0637. The average Bonchev–Trinajstić information content (AvgIpc) is 2.96. The van der Waals surface area contributed by atoms with Gasteiger partial charge in [0, 0.05) is 13.6 Å². The molecular formula is C14H25N3O3. The highest BCUT2D eigenvalue weighted by atomic mass is 16.5. The van der Waals surface area contributed by atoms with Gasteiger partial charge >= 0.3 is 0 Å². The molecule has 0 radical (unpaired) electrons. The SMILES string of the molecule is CCCC1(C(=O)N2CCOCC2C(=O)NC)CCCN1. The molecule has 2 amide bonds. The van der Waals surface area contributed by atoms with Crippen LogP contribution in [0.3, 0.4) is 0 Å². The first-order valence-corrected chi connectivity index (χ1v) is 7.50. The second-order valence-corrected chi connectivity index (χ2v) is 5.57. The maximum absolute atomic E-state index is 13.0. The molecule has 6 heteroatoms. The van der Waals surface area contributed by atoms with Crippen molar-refractivity contribution in [3.8, 4) is 0 Å². The topological polar surface area (TPSA) is 70.7 Å². The van der Waals surface area contributed by atoms with Gasteiger partial charge in [-0.05, 0) is 25.8 Å². The van der Waals surface area contributed by atoms with Crippen molar-refractivity contribution in [1.82, 2.24) is 15.5 Å². The number of likely N-dealkylation sites (N-methyl/N-ethyl adjacent to an activating group) is 1. The van der Waals surface area contributed by atoms with Gasteiger partial charge in [-0.15, -0.1) is 0 Å². The molecule has 2 aliphatic heterocycles. The van der Waals surface area contributed by atoms with E-state index in [9.17, 15) is 9.59 Å². The van der Waals surface area contributed by atoms with Crippen molar-refractivity contribution in [2.45, 2.75) is 44.2 Å². The van der Waals surface area contributed by atoms with E-state index in [1.807, 2.05) is 0 Å². The van der Waals surface area contributed by atoms with Crippen molar-refractivity contribution < 1.29 is 14.3 Å². The fourth-order valence-corrected chi connectivity index (χ4v) is 3.24. The first kappa shape index (κ1) is 15.3. The summed E-state index contributed by atoms with van der Waals surface area (Å²) in [5, 5.41) is 6.00. The molecule has 0 saturated carbocycles. The van der Waals surface area contributed by atoms with E-state index in [1.54, 1.807) is 11.9 Å². The Morgan fingerprint density at radius 2 is 2.30 bits per heavy atom. The summed E-state index contributed by atoms with van der Waals surface area (Å²) in [4.78, 5) is 26.6. The highest BCUT2D eigenvalue weighted by Gasteiger charge is 2.46. The summed E-state index contributed by atoms with van der Waals surface area (Å²) >= 11 is 0. The van der Waals surface area contributed by atoms with Crippen LogP contribution in [0.2, 0.25) is 0 Å². The van der Waals surface area contributed by atoms with Gasteiger partial charge in [-0.3, -0.25) is 9.59 Å². The van der Waals surface area contributed by atoms with E-state index in [0.717, 1.165) is 32.2 Å². The van der Waals surface area contributed by atoms with Gasteiger partial charge in [0.1, 0.15) is 6.04 Å². The number of nitrogens with one attached hydrogen (secondary N) is 2. The normalized spacial score (nSPS) is 30.3. The highest BCUT2D eigenvalue weighted by Crippen LogP contribution is 2.28. The van der Waals surface area contributed by atoms with Crippen LogP contribution in [0.25, 0.3) is 0 Å². The summed E-state index contributed by atoms with van der Waals surface area (Å²) in [6.07, 6.45) is 3.65. The zero-order valence-corrected chi connectivity index (χ0v) is 12.4. The summed E-state index contributed by atoms with van der Waals surface area (Å²) in [5.74, 6) is -0.0866. The van der Waals surface area contributed by atoms with Crippen molar-refractivity contribution in [2.24, 2.45) is 0 Å². The number of hydrogen-bond acceptors (Lipinski definition) is 4. The van der Waals surface area contributed by atoms with E-state index < -0.39 is 11.6 Å². The minimum atomic E-state index is -0.502. The molecule has 0 aromatic heterocycles. The lowest BCUT2D eigenvalue weighted by Crippen LogP contribution is -2.63. The Kier molecular flexibility index (Phi) is 4.99. The van der Waals surface area contributed by atoms with Gasteiger partial charge < -0.3 is 20.3 Å². The minimum Gasteiger partial charge on any atom is -0.377 e. The van der Waals surface area contributed by atoms with Crippen molar-refractivity contribution in [2.75, 3.05) is 33.4 Å². The van der Waals surface area contributed by atoms with Gasteiger partial charge in [0.05, 0.1) is 18.8 Å². The zero-order valence-electron chi connectivity index (χ0n) is 12.4. The molecule has 0 aromatic rings. The first-order valence-electron chi connectivity index (χ1n) is 7.50. The van der Waals surface area contributed by atoms with Crippen molar-refractivity contribution in [3.05, 3.63) is 0 Å². The summed E-state index contributed by atoms with van der Waals surface area (Å²) in [6.45, 7) is 4.24. The number of nitrogens with zero attached hydrogens (tertiary/aromatic N) is 1. The van der Waals surface area contributed by atoms with E-state index in [1.165, 1.54) is 0 Å². The Bertz CT molecular complexity index is 367. The quantitative estimate of drug-likeness (QED) is 0.755. The predicted octanol–water partition coefficient (Wildman–Crippen LogP) is -0.118. The molecule has 0 spiro atoms. The number of hydrogen-bond donors (Lipinski definition) is 2. The average molecular weight is 283 g/mol. The Labute approximate surface area is 120 Å². The Hall–Kier alpha value is -1.14. The van der Waals surface area contributed by atoms with Gasteiger partial charge in [0.2, 0.25) is 11.8 Å². The number of carbonyl (C=O) groups excluding carboxylic acids is 2. The fraction of sp³-hybridized carbons (Fsp3) is 0.857. The lowest BCUT2D eigenvalue weighted by Gasteiger charge is -2.40. The number of morpholine rings is 1. The number of rotatable bonds is 4. The number of carbonyl (C=O) groups is 2. The summed E-state index contributed by atoms with van der Waals surface area (Å²) in [5.41, 5.74) is -0.474. The third kappa shape index (κ3) is 2.81. The van der Waals surface area contributed by atoms with Crippen LogP contribution in [0, 0.1) is 0 Å². The van der Waals surface area contributed by atoms with Crippen LogP contribution in [0.1, 0.15) is 32.6 Å². The second-order valence-electron chi connectivity index (χ2n) is 5.57. The van der Waals surface area contributed by atoms with E-state index in [0.29, 0.717) is 13.2 Å². The Morgan fingerprint density at radius 3 is 2.90 bits per heavy atom. The van der Waals surface area contributed by atoms with Gasteiger partial charge in [-0.2, -0.15) is 0 Å². The molecule has 114 valence electrons. The van der Waals surface area contributed by atoms with Crippen LogP contribution in [0.15, 0.2) is 0 Å². The smallest absolute Gasteiger partial charge is 0.244 e. The third-order valence-electron chi connectivity index (χ3n) is 4.27. The van der Waals surface area contributed by atoms with E-state index in [2.05, 4.69) is 17.6 Å². The van der Waals surface area contributed by atoms with Gasteiger partial charge in [0.15, 0.2) is 0 Å². The Morgan fingerprint density at radius 1 is 1.50 bits per heavy atom. The molecule has 0 bridgehead atoms. The van der Waals surface area contributed by atoms with Crippen molar-refractivity contribution in [1.29, 1.82) is 0 Å².